The van der Waals surface area contributed by atoms with Crippen molar-refractivity contribution in [3.8, 4) is 11.1 Å². The molecule has 1 saturated heterocycles. The van der Waals surface area contributed by atoms with Gasteiger partial charge in [0.25, 0.3) is 15.7 Å². The number of fused-ring (bicyclic) bond motifs is 1. The van der Waals surface area contributed by atoms with Gasteiger partial charge in [-0.3, -0.25) is 24.5 Å². The van der Waals surface area contributed by atoms with Crippen LogP contribution in [-0.2, 0) is 21.4 Å². The smallest absolute Gasteiger partial charge is 0.293 e. The fraction of sp³-hybridized carbons (Fsp3) is 0.267. The minimum absolute atomic E-state index is 0.0289. The second-order valence-electron chi connectivity index (χ2n) is 15.2. The Kier molecular flexibility index (Phi) is 13.7. The van der Waals surface area contributed by atoms with Gasteiger partial charge >= 0.3 is 0 Å². The number of nitro benzene ring substituents is 1. The summed E-state index contributed by atoms with van der Waals surface area (Å²) in [6.45, 7) is 7.92. The predicted octanol–water partition coefficient (Wildman–Crippen LogP) is 8.81. The zero-order chi connectivity index (χ0) is 43.1. The van der Waals surface area contributed by atoms with E-state index < -0.39 is 26.7 Å². The van der Waals surface area contributed by atoms with Crippen LogP contribution in [0.2, 0.25) is 5.02 Å². The molecule has 1 amide bonds. The number of sulfonamides is 1. The number of aromatic nitrogens is 2. The number of hydrogen-bond donors (Lipinski definition) is 2. The van der Waals surface area contributed by atoms with E-state index in [1.807, 2.05) is 80.6 Å². The van der Waals surface area contributed by atoms with Crippen LogP contribution in [0.1, 0.15) is 25.8 Å². The van der Waals surface area contributed by atoms with E-state index in [1.54, 1.807) is 18.0 Å². The van der Waals surface area contributed by atoms with Crippen molar-refractivity contribution in [3.63, 3.8) is 0 Å². The molecule has 1 fully saturated rings. The third-order valence-corrected chi connectivity index (χ3v) is 13.5. The molecule has 0 unspecified atom stereocenters. The zero-order valence-electron chi connectivity index (χ0n) is 34.1. The van der Waals surface area contributed by atoms with Crippen LogP contribution in [0.3, 0.4) is 0 Å². The number of halogens is 1. The molecule has 0 aliphatic carbocycles. The van der Waals surface area contributed by atoms with E-state index in [1.165, 1.54) is 41.3 Å². The number of anilines is 3. The molecule has 13 nitrogen and oxygen atoms in total. The third kappa shape index (κ3) is 10.8. The van der Waals surface area contributed by atoms with Gasteiger partial charge in [-0.1, -0.05) is 66.2 Å². The van der Waals surface area contributed by atoms with Gasteiger partial charge in [-0.05, 0) is 85.1 Å². The molecule has 0 bridgehead atoms. The normalized spacial score (nSPS) is 13.9. The second-order valence-corrected chi connectivity index (χ2v) is 18.4. The average Bonchev–Trinajstić information content (AvgIpc) is 3.26. The molecule has 7 rings (SSSR count). The third-order valence-electron chi connectivity index (χ3n) is 10.8. The maximum absolute atomic E-state index is 13.8. The highest BCUT2D eigenvalue weighted by Gasteiger charge is 2.27. The molecule has 1 aliphatic rings. The summed E-state index contributed by atoms with van der Waals surface area (Å²) in [7, 11) is -2.62. The first-order valence-electron chi connectivity index (χ1n) is 19.9. The van der Waals surface area contributed by atoms with Crippen LogP contribution < -0.4 is 14.9 Å². The number of rotatable bonds is 16. The first-order valence-corrected chi connectivity index (χ1v) is 22.8. The van der Waals surface area contributed by atoms with E-state index in [0.717, 1.165) is 54.9 Å². The Labute approximate surface area is 365 Å². The Morgan fingerprint density at radius 1 is 0.918 bits per heavy atom. The lowest BCUT2D eigenvalue weighted by atomic mass is 9.99. The minimum Gasteiger partial charge on any atom is -0.375 e. The summed E-state index contributed by atoms with van der Waals surface area (Å²) < 4.78 is 30.1. The molecule has 316 valence electrons. The number of carbonyl (C=O) groups is 1. The van der Waals surface area contributed by atoms with Crippen molar-refractivity contribution in [1.82, 2.24) is 19.8 Å². The summed E-state index contributed by atoms with van der Waals surface area (Å²) in [6, 6.07) is 34.8. The monoisotopic (exact) mass is 878 g/mol. The lowest BCUT2D eigenvalue weighted by Gasteiger charge is -2.36. The summed E-state index contributed by atoms with van der Waals surface area (Å²) in [5.41, 5.74) is 4.73. The minimum atomic E-state index is -4.34. The van der Waals surface area contributed by atoms with Crippen LogP contribution in [0.4, 0.5) is 22.9 Å². The first kappa shape index (κ1) is 43.4. The van der Waals surface area contributed by atoms with Crippen molar-refractivity contribution < 1.29 is 18.1 Å². The zero-order valence-corrected chi connectivity index (χ0v) is 36.5. The van der Waals surface area contributed by atoms with Gasteiger partial charge in [0, 0.05) is 91.1 Å². The molecule has 5 aromatic carbocycles. The molecule has 1 atom stereocenters. The quantitative estimate of drug-likeness (QED) is 0.0545. The van der Waals surface area contributed by atoms with Gasteiger partial charge < -0.3 is 15.1 Å². The molecule has 0 radical (unpaired) electrons. The number of nitrogens with one attached hydrogen (secondary N) is 2. The number of benzene rings is 5. The first-order chi connectivity index (χ1) is 29.3. The largest absolute Gasteiger partial charge is 0.375 e. The topological polar surface area (TPSA) is 154 Å². The Bertz CT molecular complexity index is 2610. The highest BCUT2D eigenvalue weighted by Crippen LogP contribution is 2.33. The van der Waals surface area contributed by atoms with E-state index in [0.29, 0.717) is 21.7 Å². The predicted molar refractivity (Wildman–Crippen MR) is 245 cm³/mol. The van der Waals surface area contributed by atoms with Gasteiger partial charge in [0.2, 0.25) is 5.91 Å². The van der Waals surface area contributed by atoms with E-state index in [2.05, 4.69) is 54.1 Å². The van der Waals surface area contributed by atoms with Crippen molar-refractivity contribution in [2.24, 2.45) is 0 Å². The molecular weight excluding hydrogens is 832 g/mol. The number of carbonyl (C=O) groups excluding carboxylic acids is 1. The Hall–Kier alpha value is -5.74. The Morgan fingerprint density at radius 3 is 2.36 bits per heavy atom. The van der Waals surface area contributed by atoms with Gasteiger partial charge in [0.1, 0.15) is 12.0 Å². The van der Waals surface area contributed by atoms with Crippen molar-refractivity contribution in [2.45, 2.75) is 48.7 Å². The van der Waals surface area contributed by atoms with Gasteiger partial charge in [-0.15, -0.1) is 11.8 Å². The van der Waals surface area contributed by atoms with Crippen LogP contribution in [0.25, 0.3) is 22.0 Å². The number of hydrogen-bond acceptors (Lipinski definition) is 11. The number of thioether (sulfide) groups is 1. The Balaban J connectivity index is 1.03. The maximum atomic E-state index is 13.8. The van der Waals surface area contributed by atoms with Crippen LogP contribution >= 0.6 is 23.4 Å². The fourth-order valence-electron chi connectivity index (χ4n) is 7.16. The van der Waals surface area contributed by atoms with E-state index in [-0.39, 0.29) is 34.8 Å². The Morgan fingerprint density at radius 2 is 1.64 bits per heavy atom. The standard InChI is InChI=1S/C45H47ClN8O5S2/c1-31(2)51(3)44(55)25-35(29-60-37-10-5-4-6-11-37)49-41-20-18-38(27-43(41)54(56)57)61(58,59)50-45-40-19-17-36(26-42(40)47-30-48-45)53-23-21-52(22-24-53)28-33-9-7-8-12-39(33)32-13-15-34(46)16-14-32/h4-20,26-27,30-31,35,49H,21-25,28-29H2,1-3H3,(H,47,48,50)/t35-/m1/s1. The van der Waals surface area contributed by atoms with Crippen molar-refractivity contribution in [3.05, 3.63) is 142 Å². The molecule has 16 heteroatoms. The SMILES string of the molecule is CC(C)N(C)C(=O)C[C@H](CSc1ccccc1)Nc1ccc(S(=O)(=O)Nc2ncnc3cc(N4CCN(Cc5ccccc5-c5ccc(Cl)cc5)CC4)ccc23)cc1[N+](=O)[O-]. The van der Waals surface area contributed by atoms with E-state index in [4.69, 9.17) is 11.6 Å². The van der Waals surface area contributed by atoms with Gasteiger partial charge in [0.05, 0.1) is 15.3 Å². The van der Waals surface area contributed by atoms with Crippen LogP contribution in [0.5, 0.6) is 0 Å². The highest BCUT2D eigenvalue weighted by atomic mass is 35.5. The summed E-state index contributed by atoms with van der Waals surface area (Å²) in [5.74, 6) is 0.360. The molecule has 2 heterocycles. The summed E-state index contributed by atoms with van der Waals surface area (Å²) in [5, 5.41) is 16.8. The van der Waals surface area contributed by atoms with Crippen molar-refractivity contribution in [1.29, 1.82) is 0 Å². The summed E-state index contributed by atoms with van der Waals surface area (Å²) in [4.78, 5) is 40.6. The lowest BCUT2D eigenvalue weighted by Crippen LogP contribution is -2.46. The molecule has 1 aromatic heterocycles. The summed E-state index contributed by atoms with van der Waals surface area (Å²) >= 11 is 7.66. The number of amides is 1. The lowest BCUT2D eigenvalue weighted by molar-refractivity contribution is -0.384. The molecule has 6 aromatic rings. The molecule has 0 spiro atoms. The second kappa shape index (κ2) is 19.3. The molecule has 0 saturated carbocycles. The molecule has 61 heavy (non-hydrogen) atoms. The van der Waals surface area contributed by atoms with E-state index in [9.17, 15) is 23.3 Å². The number of nitrogens with zero attached hydrogens (tertiary/aromatic N) is 6. The molecule has 1 aliphatic heterocycles. The number of nitro groups is 1. The summed E-state index contributed by atoms with van der Waals surface area (Å²) in [6.07, 6.45) is 1.37. The maximum Gasteiger partial charge on any atom is 0.293 e. The molecule has 2 N–H and O–H groups in total. The van der Waals surface area contributed by atoms with Crippen LogP contribution in [0.15, 0.2) is 131 Å². The number of piperazine rings is 1. The van der Waals surface area contributed by atoms with Crippen molar-refractivity contribution >= 4 is 73.1 Å². The van der Waals surface area contributed by atoms with Crippen LogP contribution in [-0.4, -0.2) is 90.1 Å². The highest BCUT2D eigenvalue weighted by molar-refractivity contribution is 7.99. The van der Waals surface area contributed by atoms with Gasteiger partial charge in [-0.2, -0.15) is 0 Å². The fourth-order valence-corrected chi connectivity index (χ4v) is 9.28. The van der Waals surface area contributed by atoms with Crippen LogP contribution in [0, 0.1) is 10.1 Å². The van der Waals surface area contributed by atoms with Gasteiger partial charge in [0.15, 0.2) is 5.82 Å². The van der Waals surface area contributed by atoms with Crippen molar-refractivity contribution in [2.75, 3.05) is 53.9 Å². The average molecular weight is 880 g/mol. The van der Waals surface area contributed by atoms with E-state index >= 15 is 0 Å². The van der Waals surface area contributed by atoms with Gasteiger partial charge in [-0.25, -0.2) is 18.4 Å². The molecular formula is C45H47ClN8O5S2.